The normalized spacial score (nSPS) is 12.2. The van der Waals surface area contributed by atoms with Gasteiger partial charge in [-0.15, -0.1) is 0 Å². The first-order chi connectivity index (χ1) is 9.27. The number of hydrogen-bond acceptors (Lipinski definition) is 1. The SMILES string of the molecule is CC(C)Cc1cc(Cl)n(-c2cccc(C(F)(F)F)c2)n1. The van der Waals surface area contributed by atoms with Crippen molar-refractivity contribution < 1.29 is 13.2 Å². The fraction of sp³-hybridized carbons (Fsp3) is 0.357. The van der Waals surface area contributed by atoms with Crippen molar-refractivity contribution in [2.24, 2.45) is 5.92 Å². The van der Waals surface area contributed by atoms with Crippen molar-refractivity contribution in [3.8, 4) is 5.69 Å². The van der Waals surface area contributed by atoms with E-state index in [1.54, 1.807) is 12.1 Å². The van der Waals surface area contributed by atoms with Crippen LogP contribution in [0.15, 0.2) is 30.3 Å². The van der Waals surface area contributed by atoms with Gasteiger partial charge in [0, 0.05) is 0 Å². The van der Waals surface area contributed by atoms with Crippen LogP contribution in [0.5, 0.6) is 0 Å². The van der Waals surface area contributed by atoms with Crippen LogP contribution in [-0.2, 0) is 12.6 Å². The van der Waals surface area contributed by atoms with E-state index < -0.39 is 11.7 Å². The topological polar surface area (TPSA) is 17.8 Å². The molecule has 0 aliphatic rings. The second kappa shape index (κ2) is 5.48. The summed E-state index contributed by atoms with van der Waals surface area (Å²) >= 11 is 6.05. The molecule has 108 valence electrons. The minimum Gasteiger partial charge on any atom is -0.222 e. The lowest BCUT2D eigenvalue weighted by atomic mass is 10.1. The van der Waals surface area contributed by atoms with Gasteiger partial charge in [-0.3, -0.25) is 0 Å². The average Bonchev–Trinajstić information content (AvgIpc) is 2.68. The van der Waals surface area contributed by atoms with Crippen LogP contribution in [0.2, 0.25) is 5.15 Å². The summed E-state index contributed by atoms with van der Waals surface area (Å²) in [5.41, 5.74) is 0.356. The van der Waals surface area contributed by atoms with Gasteiger partial charge in [0.25, 0.3) is 0 Å². The van der Waals surface area contributed by atoms with E-state index in [0.717, 1.165) is 24.2 Å². The molecule has 0 saturated heterocycles. The van der Waals surface area contributed by atoms with E-state index in [1.165, 1.54) is 10.7 Å². The van der Waals surface area contributed by atoms with Gasteiger partial charge in [0.2, 0.25) is 0 Å². The number of halogens is 4. The molecule has 0 saturated carbocycles. The molecular formula is C14H14ClF3N2. The fourth-order valence-electron chi connectivity index (χ4n) is 1.92. The van der Waals surface area contributed by atoms with Crippen LogP contribution in [0.4, 0.5) is 13.2 Å². The first kappa shape index (κ1) is 14.9. The molecule has 0 amide bonds. The highest BCUT2D eigenvalue weighted by atomic mass is 35.5. The van der Waals surface area contributed by atoms with Crippen molar-refractivity contribution in [2.45, 2.75) is 26.4 Å². The van der Waals surface area contributed by atoms with Gasteiger partial charge in [-0.05, 0) is 36.6 Å². The van der Waals surface area contributed by atoms with E-state index in [4.69, 9.17) is 11.6 Å². The monoisotopic (exact) mass is 302 g/mol. The molecule has 6 heteroatoms. The maximum absolute atomic E-state index is 12.7. The van der Waals surface area contributed by atoms with Crippen LogP contribution in [-0.4, -0.2) is 9.78 Å². The predicted octanol–water partition coefficient (Wildman–Crippen LogP) is 4.74. The Kier molecular flexibility index (Phi) is 4.09. The molecule has 0 fully saturated rings. The summed E-state index contributed by atoms with van der Waals surface area (Å²) in [6.45, 7) is 4.08. The number of aromatic nitrogens is 2. The molecule has 2 nitrogen and oxygen atoms in total. The maximum atomic E-state index is 12.7. The summed E-state index contributed by atoms with van der Waals surface area (Å²) in [4.78, 5) is 0. The second-order valence-electron chi connectivity index (χ2n) is 5.02. The van der Waals surface area contributed by atoms with Crippen LogP contribution in [0, 0.1) is 5.92 Å². The van der Waals surface area contributed by atoms with Crippen LogP contribution < -0.4 is 0 Å². The zero-order chi connectivity index (χ0) is 14.9. The lowest BCUT2D eigenvalue weighted by Crippen LogP contribution is -2.07. The largest absolute Gasteiger partial charge is 0.416 e. The van der Waals surface area contributed by atoms with Crippen molar-refractivity contribution >= 4 is 11.6 Å². The van der Waals surface area contributed by atoms with Crippen molar-refractivity contribution in [1.29, 1.82) is 0 Å². The molecule has 2 aromatic rings. The van der Waals surface area contributed by atoms with Gasteiger partial charge in [0.1, 0.15) is 5.15 Å². The van der Waals surface area contributed by atoms with Gasteiger partial charge in [-0.1, -0.05) is 31.5 Å². The Morgan fingerprint density at radius 3 is 2.55 bits per heavy atom. The molecule has 20 heavy (non-hydrogen) atoms. The number of alkyl halides is 3. The minimum atomic E-state index is -4.38. The van der Waals surface area contributed by atoms with Gasteiger partial charge in [-0.25, -0.2) is 4.68 Å². The van der Waals surface area contributed by atoms with Crippen LogP contribution in [0.3, 0.4) is 0 Å². The number of rotatable bonds is 3. The maximum Gasteiger partial charge on any atom is 0.416 e. The van der Waals surface area contributed by atoms with Gasteiger partial charge in [0.05, 0.1) is 16.9 Å². The number of benzene rings is 1. The summed E-state index contributed by atoms with van der Waals surface area (Å²) in [6.07, 6.45) is -3.65. The molecule has 1 aromatic heterocycles. The van der Waals surface area contributed by atoms with Crippen LogP contribution in [0.25, 0.3) is 5.69 Å². The quantitative estimate of drug-likeness (QED) is 0.800. The lowest BCUT2D eigenvalue weighted by molar-refractivity contribution is -0.137. The van der Waals surface area contributed by atoms with Crippen molar-refractivity contribution in [3.05, 3.63) is 46.7 Å². The number of hydrogen-bond donors (Lipinski definition) is 0. The molecule has 1 heterocycles. The van der Waals surface area contributed by atoms with E-state index in [2.05, 4.69) is 5.10 Å². The minimum absolute atomic E-state index is 0.305. The zero-order valence-electron chi connectivity index (χ0n) is 11.1. The van der Waals surface area contributed by atoms with Crippen molar-refractivity contribution in [1.82, 2.24) is 9.78 Å². The molecule has 0 aliphatic carbocycles. The standard InChI is InChI=1S/C14H14ClF3N2/c1-9(2)6-11-8-13(15)20(19-11)12-5-3-4-10(7-12)14(16,17)18/h3-5,7-9H,6H2,1-2H3. The molecule has 0 atom stereocenters. The zero-order valence-corrected chi connectivity index (χ0v) is 11.8. The summed E-state index contributed by atoms with van der Waals surface area (Å²) < 4.78 is 39.4. The van der Waals surface area contributed by atoms with E-state index >= 15 is 0 Å². The third-order valence-corrected chi connectivity index (χ3v) is 3.02. The summed E-state index contributed by atoms with van der Waals surface area (Å²) in [7, 11) is 0. The fourth-order valence-corrected chi connectivity index (χ4v) is 2.18. The van der Waals surface area contributed by atoms with Gasteiger partial charge in [-0.2, -0.15) is 18.3 Å². The number of nitrogens with zero attached hydrogens (tertiary/aromatic N) is 2. The van der Waals surface area contributed by atoms with Gasteiger partial charge >= 0.3 is 6.18 Å². The van der Waals surface area contributed by atoms with Crippen LogP contribution >= 0.6 is 11.6 Å². The van der Waals surface area contributed by atoms with E-state index in [-0.39, 0.29) is 0 Å². The molecule has 0 aliphatic heterocycles. The first-order valence-electron chi connectivity index (χ1n) is 6.19. The van der Waals surface area contributed by atoms with E-state index in [9.17, 15) is 13.2 Å². The van der Waals surface area contributed by atoms with Gasteiger partial charge in [0.15, 0.2) is 0 Å². The van der Waals surface area contributed by atoms with E-state index in [1.807, 2.05) is 13.8 Å². The lowest BCUT2D eigenvalue weighted by Gasteiger charge is -2.09. The Bertz CT molecular complexity index is 603. The summed E-state index contributed by atoms with van der Waals surface area (Å²) in [5.74, 6) is 0.399. The summed E-state index contributed by atoms with van der Waals surface area (Å²) in [6, 6.07) is 6.64. The molecule has 0 unspecified atom stereocenters. The molecule has 0 radical (unpaired) electrons. The Balaban J connectivity index is 2.39. The Morgan fingerprint density at radius 2 is 1.95 bits per heavy atom. The highest BCUT2D eigenvalue weighted by molar-refractivity contribution is 6.29. The third-order valence-electron chi connectivity index (χ3n) is 2.75. The molecular weight excluding hydrogens is 289 g/mol. The average molecular weight is 303 g/mol. The molecule has 1 aromatic carbocycles. The Hall–Kier alpha value is -1.49. The first-order valence-corrected chi connectivity index (χ1v) is 6.57. The Morgan fingerprint density at radius 1 is 1.25 bits per heavy atom. The molecule has 2 rings (SSSR count). The molecule has 0 spiro atoms. The van der Waals surface area contributed by atoms with Gasteiger partial charge < -0.3 is 0 Å². The third kappa shape index (κ3) is 3.33. The van der Waals surface area contributed by atoms with Crippen LogP contribution in [0.1, 0.15) is 25.1 Å². The van der Waals surface area contributed by atoms with E-state index in [0.29, 0.717) is 16.8 Å². The second-order valence-corrected chi connectivity index (χ2v) is 5.40. The highest BCUT2D eigenvalue weighted by Gasteiger charge is 2.30. The molecule has 0 bridgehead atoms. The highest BCUT2D eigenvalue weighted by Crippen LogP contribution is 2.31. The Labute approximate surface area is 120 Å². The molecule has 0 N–H and O–H groups in total. The predicted molar refractivity (Wildman–Crippen MR) is 72.1 cm³/mol. The smallest absolute Gasteiger partial charge is 0.222 e. The van der Waals surface area contributed by atoms with Crippen molar-refractivity contribution in [3.63, 3.8) is 0 Å². The van der Waals surface area contributed by atoms with Crippen molar-refractivity contribution in [2.75, 3.05) is 0 Å². The summed E-state index contributed by atoms with van der Waals surface area (Å²) in [5, 5.41) is 4.57.